The molecule has 0 saturated carbocycles. The van der Waals surface area contributed by atoms with Gasteiger partial charge in [0.25, 0.3) is 0 Å². The number of piperidine rings is 1. The SMILES string of the molecule is CC(C)C1CCN(I)C[C@H]1C. The first-order valence-corrected chi connectivity index (χ1v) is 5.48. The molecule has 66 valence electrons. The standard InChI is InChI=1S/C9H18IN/c1-7(2)9-4-5-11(10)6-8(9)3/h7-9H,4-6H2,1-3H3/t8-,9?/m1/s1. The average molecular weight is 267 g/mol. The molecule has 1 saturated heterocycles. The zero-order valence-electron chi connectivity index (χ0n) is 7.68. The van der Waals surface area contributed by atoms with E-state index in [0.29, 0.717) is 0 Å². The van der Waals surface area contributed by atoms with Crippen LogP contribution in [0.4, 0.5) is 0 Å². The van der Waals surface area contributed by atoms with Crippen LogP contribution in [0.15, 0.2) is 0 Å². The summed E-state index contributed by atoms with van der Waals surface area (Å²) in [5.41, 5.74) is 0. The van der Waals surface area contributed by atoms with Gasteiger partial charge in [-0.1, -0.05) is 20.8 Å². The lowest BCUT2D eigenvalue weighted by Gasteiger charge is -2.35. The van der Waals surface area contributed by atoms with Gasteiger partial charge < -0.3 is 0 Å². The van der Waals surface area contributed by atoms with Gasteiger partial charge in [-0.25, -0.2) is 3.11 Å². The summed E-state index contributed by atoms with van der Waals surface area (Å²) in [7, 11) is 0. The normalized spacial score (nSPS) is 34.6. The molecular weight excluding hydrogens is 249 g/mol. The molecule has 0 aliphatic carbocycles. The Kier molecular flexibility index (Phi) is 3.62. The van der Waals surface area contributed by atoms with Crippen LogP contribution in [0.5, 0.6) is 0 Å². The fourth-order valence-electron chi connectivity index (χ4n) is 2.10. The van der Waals surface area contributed by atoms with Crippen molar-refractivity contribution in [1.82, 2.24) is 3.11 Å². The molecule has 1 heterocycles. The maximum Gasteiger partial charge on any atom is 0.0201 e. The predicted molar refractivity (Wildman–Crippen MR) is 57.7 cm³/mol. The van der Waals surface area contributed by atoms with Crippen molar-refractivity contribution in [2.45, 2.75) is 27.2 Å². The summed E-state index contributed by atoms with van der Waals surface area (Å²) in [5.74, 6) is 2.72. The summed E-state index contributed by atoms with van der Waals surface area (Å²) in [5, 5.41) is 0. The number of hydrogen-bond acceptors (Lipinski definition) is 1. The summed E-state index contributed by atoms with van der Waals surface area (Å²) < 4.78 is 2.42. The third-order valence-corrected chi connectivity index (χ3v) is 3.65. The van der Waals surface area contributed by atoms with E-state index in [2.05, 4.69) is 46.7 Å². The molecule has 1 aliphatic heterocycles. The minimum Gasteiger partial charge on any atom is -0.247 e. The molecule has 0 spiro atoms. The van der Waals surface area contributed by atoms with Gasteiger partial charge in [0, 0.05) is 36.0 Å². The predicted octanol–water partition coefficient (Wildman–Crippen LogP) is 2.95. The Hall–Kier alpha value is 0.690. The second kappa shape index (κ2) is 4.08. The maximum absolute atomic E-state index is 2.44. The van der Waals surface area contributed by atoms with Crippen molar-refractivity contribution in [3.8, 4) is 0 Å². The Labute approximate surface area is 84.0 Å². The molecule has 0 radical (unpaired) electrons. The Balaban J connectivity index is 2.44. The van der Waals surface area contributed by atoms with Crippen molar-refractivity contribution in [3.63, 3.8) is 0 Å². The fourth-order valence-corrected chi connectivity index (χ4v) is 3.00. The highest BCUT2D eigenvalue weighted by Crippen LogP contribution is 2.30. The van der Waals surface area contributed by atoms with Crippen LogP contribution in [-0.2, 0) is 0 Å². The first-order chi connectivity index (χ1) is 5.11. The lowest BCUT2D eigenvalue weighted by molar-refractivity contribution is 0.173. The number of hydrogen-bond donors (Lipinski definition) is 0. The van der Waals surface area contributed by atoms with E-state index >= 15 is 0 Å². The molecule has 1 nitrogen and oxygen atoms in total. The van der Waals surface area contributed by atoms with Crippen LogP contribution >= 0.6 is 22.9 Å². The fraction of sp³-hybridized carbons (Fsp3) is 1.00. The largest absolute Gasteiger partial charge is 0.247 e. The summed E-state index contributed by atoms with van der Waals surface area (Å²) in [6.07, 6.45) is 1.39. The van der Waals surface area contributed by atoms with Crippen LogP contribution < -0.4 is 0 Å². The summed E-state index contributed by atoms with van der Waals surface area (Å²) >= 11 is 2.44. The second-order valence-electron chi connectivity index (χ2n) is 4.04. The van der Waals surface area contributed by atoms with Crippen LogP contribution in [-0.4, -0.2) is 16.2 Å². The highest BCUT2D eigenvalue weighted by atomic mass is 127. The van der Waals surface area contributed by atoms with E-state index in [4.69, 9.17) is 0 Å². The van der Waals surface area contributed by atoms with Gasteiger partial charge in [0.2, 0.25) is 0 Å². The smallest absolute Gasteiger partial charge is 0.0201 e. The molecule has 1 aliphatic rings. The average Bonchev–Trinajstić information content (AvgIpc) is 1.85. The number of halogens is 1. The second-order valence-corrected chi connectivity index (χ2v) is 5.41. The van der Waals surface area contributed by atoms with Crippen molar-refractivity contribution in [2.24, 2.45) is 17.8 Å². The Bertz CT molecular complexity index is 125. The highest BCUT2D eigenvalue weighted by molar-refractivity contribution is 14.1. The Morgan fingerprint density at radius 3 is 2.55 bits per heavy atom. The number of nitrogens with zero attached hydrogens (tertiary/aromatic N) is 1. The van der Waals surface area contributed by atoms with Gasteiger partial charge >= 0.3 is 0 Å². The molecule has 0 bridgehead atoms. The van der Waals surface area contributed by atoms with Crippen LogP contribution in [0.3, 0.4) is 0 Å². The molecule has 2 atom stereocenters. The van der Waals surface area contributed by atoms with Gasteiger partial charge in [0.05, 0.1) is 0 Å². The molecule has 1 fully saturated rings. The zero-order chi connectivity index (χ0) is 8.43. The van der Waals surface area contributed by atoms with Crippen LogP contribution in [0.2, 0.25) is 0 Å². The van der Waals surface area contributed by atoms with E-state index in [9.17, 15) is 0 Å². The molecule has 0 aromatic heterocycles. The molecule has 0 amide bonds. The summed E-state index contributed by atoms with van der Waals surface area (Å²) in [4.78, 5) is 0. The lowest BCUT2D eigenvalue weighted by atomic mass is 9.80. The Morgan fingerprint density at radius 1 is 1.45 bits per heavy atom. The van der Waals surface area contributed by atoms with Gasteiger partial charge in [-0.3, -0.25) is 0 Å². The van der Waals surface area contributed by atoms with E-state index in [1.165, 1.54) is 19.5 Å². The summed E-state index contributed by atoms with van der Waals surface area (Å²) in [6, 6.07) is 0. The molecule has 0 aromatic rings. The molecule has 0 N–H and O–H groups in total. The van der Waals surface area contributed by atoms with Crippen molar-refractivity contribution in [2.75, 3.05) is 13.1 Å². The van der Waals surface area contributed by atoms with E-state index < -0.39 is 0 Å². The van der Waals surface area contributed by atoms with Crippen LogP contribution in [0, 0.1) is 17.8 Å². The highest BCUT2D eigenvalue weighted by Gasteiger charge is 2.26. The molecule has 0 aromatic carbocycles. The third-order valence-electron chi connectivity index (χ3n) is 2.78. The minimum absolute atomic E-state index is 0.870. The van der Waals surface area contributed by atoms with E-state index in [0.717, 1.165) is 17.8 Å². The molecule has 1 rings (SSSR count). The van der Waals surface area contributed by atoms with Crippen LogP contribution in [0.1, 0.15) is 27.2 Å². The van der Waals surface area contributed by atoms with E-state index in [1.807, 2.05) is 0 Å². The topological polar surface area (TPSA) is 3.24 Å². The molecule has 2 heteroatoms. The lowest BCUT2D eigenvalue weighted by Crippen LogP contribution is -2.35. The van der Waals surface area contributed by atoms with Gasteiger partial charge in [0.1, 0.15) is 0 Å². The zero-order valence-corrected chi connectivity index (χ0v) is 9.84. The van der Waals surface area contributed by atoms with Gasteiger partial charge in [-0.05, 0) is 24.2 Å². The quantitative estimate of drug-likeness (QED) is 0.521. The first-order valence-electron chi connectivity index (χ1n) is 4.52. The molecule has 1 unspecified atom stereocenters. The Morgan fingerprint density at radius 2 is 2.09 bits per heavy atom. The van der Waals surface area contributed by atoms with Crippen molar-refractivity contribution < 1.29 is 0 Å². The third kappa shape index (κ3) is 2.58. The van der Waals surface area contributed by atoms with E-state index in [1.54, 1.807) is 0 Å². The minimum atomic E-state index is 0.870. The molecular formula is C9H18IN. The maximum atomic E-state index is 2.44. The monoisotopic (exact) mass is 267 g/mol. The van der Waals surface area contributed by atoms with Crippen molar-refractivity contribution in [3.05, 3.63) is 0 Å². The van der Waals surface area contributed by atoms with Gasteiger partial charge in [0.15, 0.2) is 0 Å². The van der Waals surface area contributed by atoms with Gasteiger partial charge in [-0.15, -0.1) is 0 Å². The van der Waals surface area contributed by atoms with Gasteiger partial charge in [-0.2, -0.15) is 0 Å². The number of rotatable bonds is 1. The first kappa shape index (κ1) is 9.78. The van der Waals surface area contributed by atoms with E-state index in [-0.39, 0.29) is 0 Å². The summed E-state index contributed by atoms with van der Waals surface area (Å²) in [6.45, 7) is 9.65. The van der Waals surface area contributed by atoms with Crippen molar-refractivity contribution in [1.29, 1.82) is 0 Å². The molecule has 11 heavy (non-hydrogen) atoms. The van der Waals surface area contributed by atoms with Crippen LogP contribution in [0.25, 0.3) is 0 Å². The van der Waals surface area contributed by atoms with Crippen molar-refractivity contribution >= 4 is 22.9 Å².